The number of thiocarbonyl (C=S) groups is 1. The van der Waals surface area contributed by atoms with E-state index in [1.165, 1.54) is 11.3 Å². The number of ether oxygens (including phenoxy) is 1. The van der Waals surface area contributed by atoms with Gasteiger partial charge in [0, 0.05) is 15.6 Å². The number of carbonyl (C=O) groups is 2. The molecule has 156 valence electrons. The summed E-state index contributed by atoms with van der Waals surface area (Å²) >= 11 is 12.7. The molecule has 0 spiro atoms. The number of amides is 2. The largest absolute Gasteiger partial charge is 0.491 e. The quantitative estimate of drug-likeness (QED) is 0.379. The molecule has 3 aromatic rings. The number of rotatable bonds is 5. The first-order valence-corrected chi connectivity index (χ1v) is 10.8. The molecule has 2 aromatic carbocycles. The second kappa shape index (κ2) is 9.88. The van der Waals surface area contributed by atoms with Crippen molar-refractivity contribution in [1.29, 1.82) is 0 Å². The number of benzene rings is 2. The number of hydrogen-bond donors (Lipinski definition) is 3. The zero-order valence-corrected chi connectivity index (χ0v) is 18.7. The molecular formula is C21H20ClN3O3S2. The first kappa shape index (κ1) is 22.0. The molecule has 1 atom stereocenters. The van der Waals surface area contributed by atoms with E-state index < -0.39 is 11.8 Å². The van der Waals surface area contributed by atoms with Crippen LogP contribution >= 0.6 is 35.2 Å². The van der Waals surface area contributed by atoms with Gasteiger partial charge in [0.2, 0.25) is 0 Å². The molecule has 0 aliphatic carbocycles. The van der Waals surface area contributed by atoms with E-state index in [4.69, 9.17) is 28.6 Å². The van der Waals surface area contributed by atoms with E-state index in [-0.39, 0.29) is 11.2 Å². The lowest BCUT2D eigenvalue weighted by atomic mass is 10.2. The Morgan fingerprint density at radius 1 is 1.13 bits per heavy atom. The molecule has 0 saturated heterocycles. The number of thiophene rings is 1. The Morgan fingerprint density at radius 2 is 1.90 bits per heavy atom. The van der Waals surface area contributed by atoms with Gasteiger partial charge in [-0.15, -0.1) is 11.3 Å². The third-order valence-corrected chi connectivity index (χ3v) is 6.14. The fraction of sp³-hybridized carbons (Fsp3) is 0.190. The second-order valence-corrected chi connectivity index (χ2v) is 8.31. The highest BCUT2D eigenvalue weighted by Crippen LogP contribution is 2.34. The van der Waals surface area contributed by atoms with Crippen molar-refractivity contribution in [2.75, 3.05) is 0 Å². The van der Waals surface area contributed by atoms with Gasteiger partial charge in [0.15, 0.2) is 5.11 Å². The predicted octanol–water partition coefficient (Wildman–Crippen LogP) is 4.68. The van der Waals surface area contributed by atoms with Gasteiger partial charge in [-0.3, -0.25) is 25.8 Å². The van der Waals surface area contributed by atoms with Gasteiger partial charge in [-0.05, 0) is 49.8 Å². The van der Waals surface area contributed by atoms with Crippen LogP contribution in [0.5, 0.6) is 5.75 Å². The molecule has 0 bridgehead atoms. The highest BCUT2D eigenvalue weighted by atomic mass is 35.5. The summed E-state index contributed by atoms with van der Waals surface area (Å²) in [6, 6.07) is 14.3. The molecule has 9 heteroatoms. The molecule has 1 heterocycles. The Morgan fingerprint density at radius 3 is 2.63 bits per heavy atom. The monoisotopic (exact) mass is 461 g/mol. The maximum atomic E-state index is 12.4. The van der Waals surface area contributed by atoms with Crippen molar-refractivity contribution in [3.8, 4) is 5.75 Å². The van der Waals surface area contributed by atoms with Crippen LogP contribution in [-0.2, 0) is 0 Å². The van der Waals surface area contributed by atoms with Crippen molar-refractivity contribution in [3.05, 3.63) is 64.0 Å². The van der Waals surface area contributed by atoms with Gasteiger partial charge in [0.1, 0.15) is 10.6 Å². The SMILES string of the molecule is CCC(C)Oc1cccc(C(=O)NC(=S)NNC(=O)c2sc3ccccc3c2Cl)c1. The van der Waals surface area contributed by atoms with Crippen LogP contribution in [0.3, 0.4) is 0 Å². The normalized spacial score (nSPS) is 11.6. The molecule has 6 nitrogen and oxygen atoms in total. The van der Waals surface area contributed by atoms with E-state index in [2.05, 4.69) is 16.2 Å². The van der Waals surface area contributed by atoms with E-state index >= 15 is 0 Å². The van der Waals surface area contributed by atoms with Crippen LogP contribution in [0.2, 0.25) is 5.02 Å². The molecule has 1 unspecified atom stereocenters. The first-order chi connectivity index (χ1) is 14.4. The molecule has 0 radical (unpaired) electrons. The number of halogens is 1. The van der Waals surface area contributed by atoms with Crippen LogP contribution in [-0.4, -0.2) is 23.0 Å². The summed E-state index contributed by atoms with van der Waals surface area (Å²) in [6.45, 7) is 3.98. The minimum absolute atomic E-state index is 0.0427. The summed E-state index contributed by atoms with van der Waals surface area (Å²) in [6.07, 6.45) is 0.899. The topological polar surface area (TPSA) is 79.5 Å². The lowest BCUT2D eigenvalue weighted by Crippen LogP contribution is -2.48. The highest BCUT2D eigenvalue weighted by molar-refractivity contribution is 7.80. The second-order valence-electron chi connectivity index (χ2n) is 6.47. The van der Waals surface area contributed by atoms with Crippen LogP contribution in [0.15, 0.2) is 48.5 Å². The molecule has 3 rings (SSSR count). The summed E-state index contributed by atoms with van der Waals surface area (Å²) in [4.78, 5) is 25.2. The molecule has 0 aliphatic rings. The molecule has 0 aliphatic heterocycles. The van der Waals surface area contributed by atoms with Gasteiger partial charge in [0.05, 0.1) is 11.1 Å². The van der Waals surface area contributed by atoms with E-state index in [9.17, 15) is 9.59 Å². The average molecular weight is 462 g/mol. The van der Waals surface area contributed by atoms with Crippen molar-refractivity contribution in [1.82, 2.24) is 16.2 Å². The Kier molecular flexibility index (Phi) is 7.25. The lowest BCUT2D eigenvalue weighted by Gasteiger charge is -2.14. The molecule has 0 saturated carbocycles. The first-order valence-electron chi connectivity index (χ1n) is 9.24. The van der Waals surface area contributed by atoms with Crippen LogP contribution in [0.4, 0.5) is 0 Å². The van der Waals surface area contributed by atoms with Gasteiger partial charge < -0.3 is 4.74 Å². The molecule has 0 fully saturated rings. The van der Waals surface area contributed by atoms with Gasteiger partial charge >= 0.3 is 0 Å². The van der Waals surface area contributed by atoms with E-state index in [0.29, 0.717) is 21.2 Å². The molecule has 30 heavy (non-hydrogen) atoms. The molecule has 1 aromatic heterocycles. The van der Waals surface area contributed by atoms with Gasteiger partial charge in [-0.1, -0.05) is 42.8 Å². The Balaban J connectivity index is 1.57. The fourth-order valence-corrected chi connectivity index (χ4v) is 4.12. The standard InChI is InChI=1S/C21H20ClN3O3S2/c1-3-12(2)28-14-8-6-7-13(11-14)19(26)23-21(29)25-24-20(27)18-17(22)15-9-4-5-10-16(15)30-18/h4-12H,3H2,1-2H3,(H,24,27)(H2,23,25,26,29). The number of hydrogen-bond acceptors (Lipinski definition) is 5. The van der Waals surface area contributed by atoms with Crippen LogP contribution < -0.4 is 20.9 Å². The van der Waals surface area contributed by atoms with Crippen molar-refractivity contribution in [3.63, 3.8) is 0 Å². The number of nitrogens with one attached hydrogen (secondary N) is 3. The number of fused-ring (bicyclic) bond motifs is 1. The lowest BCUT2D eigenvalue weighted by molar-refractivity contribution is 0.0938. The molecular weight excluding hydrogens is 442 g/mol. The zero-order valence-electron chi connectivity index (χ0n) is 16.3. The number of carbonyl (C=O) groups excluding carboxylic acids is 2. The zero-order chi connectivity index (χ0) is 21.7. The van der Waals surface area contributed by atoms with Crippen LogP contribution in [0, 0.1) is 0 Å². The van der Waals surface area contributed by atoms with Crippen molar-refractivity contribution < 1.29 is 14.3 Å². The van der Waals surface area contributed by atoms with Gasteiger partial charge in [-0.25, -0.2) is 0 Å². The van der Waals surface area contributed by atoms with Crippen molar-refractivity contribution >= 4 is 62.2 Å². The Labute approximate surface area is 188 Å². The van der Waals surface area contributed by atoms with E-state index in [1.807, 2.05) is 38.1 Å². The van der Waals surface area contributed by atoms with Crippen molar-refractivity contribution in [2.24, 2.45) is 0 Å². The minimum Gasteiger partial charge on any atom is -0.491 e. The molecule has 2 amide bonds. The van der Waals surface area contributed by atoms with E-state index in [1.54, 1.807) is 24.3 Å². The average Bonchev–Trinajstić information content (AvgIpc) is 3.09. The summed E-state index contributed by atoms with van der Waals surface area (Å²) in [5, 5.41) is 3.67. The number of hydrazine groups is 1. The Hall–Kier alpha value is -2.68. The third kappa shape index (κ3) is 5.27. The summed E-state index contributed by atoms with van der Waals surface area (Å²) in [5.41, 5.74) is 5.37. The maximum absolute atomic E-state index is 12.4. The van der Waals surface area contributed by atoms with Crippen molar-refractivity contribution in [2.45, 2.75) is 26.4 Å². The van der Waals surface area contributed by atoms with Crippen LogP contribution in [0.1, 0.15) is 40.3 Å². The van der Waals surface area contributed by atoms with Gasteiger partial charge in [0.25, 0.3) is 11.8 Å². The summed E-state index contributed by atoms with van der Waals surface area (Å²) in [5.74, 6) is -0.262. The van der Waals surface area contributed by atoms with E-state index in [0.717, 1.165) is 16.5 Å². The Bertz CT molecular complexity index is 1100. The molecule has 3 N–H and O–H groups in total. The third-order valence-electron chi connectivity index (χ3n) is 4.27. The summed E-state index contributed by atoms with van der Waals surface area (Å²) in [7, 11) is 0. The highest BCUT2D eigenvalue weighted by Gasteiger charge is 2.17. The fourth-order valence-electron chi connectivity index (χ4n) is 2.56. The minimum atomic E-state index is -0.443. The smallest absolute Gasteiger partial charge is 0.281 e. The van der Waals surface area contributed by atoms with Crippen LogP contribution in [0.25, 0.3) is 10.1 Å². The van der Waals surface area contributed by atoms with Gasteiger partial charge in [-0.2, -0.15) is 0 Å². The predicted molar refractivity (Wildman–Crippen MR) is 124 cm³/mol. The maximum Gasteiger partial charge on any atom is 0.281 e. The summed E-state index contributed by atoms with van der Waals surface area (Å²) < 4.78 is 6.63.